The van der Waals surface area contributed by atoms with E-state index in [-0.39, 0.29) is 18.2 Å². The van der Waals surface area contributed by atoms with Crippen LogP contribution in [0.15, 0.2) is 60.6 Å². The monoisotopic (exact) mass is 435 g/mol. The minimum absolute atomic E-state index is 0.0266. The van der Waals surface area contributed by atoms with Crippen molar-refractivity contribution in [1.82, 2.24) is 25.0 Å². The van der Waals surface area contributed by atoms with E-state index in [2.05, 4.69) is 22.0 Å². The minimum atomic E-state index is -0.291. The molecule has 0 amide bonds. The van der Waals surface area contributed by atoms with Crippen molar-refractivity contribution in [3.05, 3.63) is 77.6 Å². The summed E-state index contributed by atoms with van der Waals surface area (Å²) in [5.74, 6) is -0.317. The molecule has 166 valence electrons. The summed E-state index contributed by atoms with van der Waals surface area (Å²) in [6.45, 7) is 8.75. The van der Waals surface area contributed by atoms with Gasteiger partial charge in [0.2, 0.25) is 0 Å². The van der Waals surface area contributed by atoms with E-state index in [1.54, 1.807) is 29.1 Å². The van der Waals surface area contributed by atoms with Gasteiger partial charge in [0.1, 0.15) is 17.3 Å². The highest BCUT2D eigenvalue weighted by molar-refractivity contribution is 5.95. The smallest absolute Gasteiger partial charge is 0.158 e. The summed E-state index contributed by atoms with van der Waals surface area (Å²) in [6.07, 6.45) is 1.68. The maximum absolute atomic E-state index is 14.2. The number of rotatable bonds is 7. The maximum atomic E-state index is 14.2. The first-order valence-corrected chi connectivity index (χ1v) is 10.3. The Bertz CT molecular complexity index is 1190. The quantitative estimate of drug-likeness (QED) is 0.389. The van der Waals surface area contributed by atoms with Crippen molar-refractivity contribution in [3.63, 3.8) is 0 Å². The van der Waals surface area contributed by atoms with Crippen molar-refractivity contribution in [2.45, 2.75) is 13.5 Å². The molecule has 0 aliphatic carbocycles. The van der Waals surface area contributed by atoms with Crippen LogP contribution in [0.3, 0.4) is 0 Å². The zero-order chi connectivity index (χ0) is 22.7. The van der Waals surface area contributed by atoms with E-state index in [1.165, 1.54) is 6.07 Å². The molecule has 0 atom stereocenters. The van der Waals surface area contributed by atoms with Gasteiger partial charge in [-0.1, -0.05) is 24.8 Å². The molecule has 0 bridgehead atoms. The molecule has 0 radical (unpaired) electrons. The van der Waals surface area contributed by atoms with Gasteiger partial charge in [-0.25, -0.2) is 14.1 Å². The average molecular weight is 436 g/mol. The Labute approximate surface area is 185 Å². The third kappa shape index (κ3) is 4.33. The SMILES string of the molecule is C=C(NC(C)=C(C(=N)N)N1CCOCC1)c1nn(Cc2ccccc2F)c2ncccc12. The summed E-state index contributed by atoms with van der Waals surface area (Å²) in [4.78, 5) is 6.47. The minimum Gasteiger partial charge on any atom is -0.382 e. The van der Waals surface area contributed by atoms with Gasteiger partial charge < -0.3 is 20.7 Å². The number of nitrogens with one attached hydrogen (secondary N) is 2. The molecular formula is C23H26FN7O. The number of hydrogen-bond donors (Lipinski definition) is 3. The molecule has 8 nitrogen and oxygen atoms in total. The number of pyridine rings is 1. The Morgan fingerprint density at radius 1 is 1.25 bits per heavy atom. The Morgan fingerprint density at radius 3 is 2.72 bits per heavy atom. The molecule has 1 aliphatic heterocycles. The first-order chi connectivity index (χ1) is 15.5. The molecule has 4 N–H and O–H groups in total. The van der Waals surface area contributed by atoms with Gasteiger partial charge in [0.15, 0.2) is 5.65 Å². The van der Waals surface area contributed by atoms with Crippen molar-refractivity contribution >= 4 is 22.6 Å². The molecule has 0 unspecified atom stereocenters. The van der Waals surface area contributed by atoms with E-state index in [0.717, 1.165) is 5.39 Å². The van der Waals surface area contributed by atoms with Crippen LogP contribution in [0.2, 0.25) is 0 Å². The Hall–Kier alpha value is -3.72. The van der Waals surface area contributed by atoms with Crippen molar-refractivity contribution in [2.75, 3.05) is 26.3 Å². The van der Waals surface area contributed by atoms with E-state index >= 15 is 0 Å². The molecule has 1 aromatic carbocycles. The summed E-state index contributed by atoms with van der Waals surface area (Å²) >= 11 is 0. The number of hydrogen-bond acceptors (Lipinski definition) is 6. The summed E-state index contributed by atoms with van der Waals surface area (Å²) in [5.41, 5.74) is 9.50. The van der Waals surface area contributed by atoms with E-state index < -0.39 is 0 Å². The van der Waals surface area contributed by atoms with E-state index in [1.807, 2.05) is 24.0 Å². The maximum Gasteiger partial charge on any atom is 0.158 e. The zero-order valence-electron chi connectivity index (χ0n) is 17.9. The lowest BCUT2D eigenvalue weighted by Gasteiger charge is -2.32. The summed E-state index contributed by atoms with van der Waals surface area (Å²) in [5, 5.41) is 16.8. The highest BCUT2D eigenvalue weighted by Gasteiger charge is 2.20. The molecule has 3 aromatic rings. The number of amidine groups is 1. The first-order valence-electron chi connectivity index (χ1n) is 10.3. The molecule has 1 saturated heterocycles. The topological polar surface area (TPSA) is 105 Å². The Balaban J connectivity index is 1.66. The van der Waals surface area contributed by atoms with E-state index in [9.17, 15) is 4.39 Å². The average Bonchev–Trinajstić information content (AvgIpc) is 3.15. The molecule has 0 saturated carbocycles. The molecule has 32 heavy (non-hydrogen) atoms. The molecule has 0 spiro atoms. The number of allylic oxidation sites excluding steroid dienone is 1. The number of morpholine rings is 1. The summed E-state index contributed by atoms with van der Waals surface area (Å²) < 4.78 is 21.3. The van der Waals surface area contributed by atoms with Gasteiger partial charge in [0.25, 0.3) is 0 Å². The molecule has 9 heteroatoms. The van der Waals surface area contributed by atoms with E-state index in [4.69, 9.17) is 15.9 Å². The van der Waals surface area contributed by atoms with Crippen LogP contribution in [0, 0.1) is 11.2 Å². The number of halogens is 1. The number of benzene rings is 1. The largest absolute Gasteiger partial charge is 0.382 e. The van der Waals surface area contributed by atoms with Crippen LogP contribution < -0.4 is 11.1 Å². The second-order valence-corrected chi connectivity index (χ2v) is 7.56. The van der Waals surface area contributed by atoms with Crippen molar-refractivity contribution in [3.8, 4) is 0 Å². The third-order valence-electron chi connectivity index (χ3n) is 5.35. The molecule has 2 aromatic heterocycles. The highest BCUT2D eigenvalue weighted by Crippen LogP contribution is 2.23. The Kier molecular flexibility index (Phi) is 6.18. The van der Waals surface area contributed by atoms with Crippen LogP contribution >= 0.6 is 0 Å². The number of ether oxygens (including phenoxy) is 1. The normalized spacial score (nSPS) is 14.9. The summed E-state index contributed by atoms with van der Waals surface area (Å²) in [7, 11) is 0. The number of nitrogens with two attached hydrogens (primary N) is 1. The molecule has 3 heterocycles. The highest BCUT2D eigenvalue weighted by atomic mass is 19.1. The Morgan fingerprint density at radius 2 is 2.00 bits per heavy atom. The van der Waals surface area contributed by atoms with Gasteiger partial charge in [-0.15, -0.1) is 0 Å². The van der Waals surface area contributed by atoms with Crippen LogP contribution in [0.1, 0.15) is 18.2 Å². The van der Waals surface area contributed by atoms with Gasteiger partial charge >= 0.3 is 0 Å². The van der Waals surface area contributed by atoms with E-state index in [0.29, 0.717) is 60.3 Å². The van der Waals surface area contributed by atoms with Crippen molar-refractivity contribution in [2.24, 2.45) is 5.73 Å². The fourth-order valence-corrected chi connectivity index (χ4v) is 3.87. The van der Waals surface area contributed by atoms with Crippen LogP contribution in [-0.2, 0) is 11.3 Å². The standard InChI is InChI=1S/C23H26FN7O/c1-15(28-16(2)21(22(25)26)30-10-12-32-13-11-30)20-18-7-5-9-27-23(18)31(29-20)14-17-6-3-4-8-19(17)24/h3-9,28H,1,10-14H2,2H3,(H3,25,26). The molecule has 1 fully saturated rings. The second-order valence-electron chi connectivity index (χ2n) is 7.56. The predicted octanol–water partition coefficient (Wildman–Crippen LogP) is 2.68. The lowest BCUT2D eigenvalue weighted by molar-refractivity contribution is 0.0558. The number of nitrogens with zero attached hydrogens (tertiary/aromatic N) is 4. The third-order valence-corrected chi connectivity index (χ3v) is 5.35. The first kappa shape index (κ1) is 21.5. The van der Waals surface area contributed by atoms with Gasteiger partial charge in [-0.2, -0.15) is 5.10 Å². The van der Waals surface area contributed by atoms with Crippen molar-refractivity contribution in [1.29, 1.82) is 5.41 Å². The fourth-order valence-electron chi connectivity index (χ4n) is 3.87. The molecule has 4 rings (SSSR count). The van der Waals surface area contributed by atoms with Crippen LogP contribution in [0.4, 0.5) is 4.39 Å². The predicted molar refractivity (Wildman–Crippen MR) is 122 cm³/mol. The van der Waals surface area contributed by atoms with Crippen LogP contribution in [-0.4, -0.2) is 51.8 Å². The summed E-state index contributed by atoms with van der Waals surface area (Å²) in [6, 6.07) is 10.3. The van der Waals surface area contributed by atoms with Gasteiger partial charge in [0, 0.05) is 35.9 Å². The van der Waals surface area contributed by atoms with Crippen LogP contribution in [0.25, 0.3) is 16.7 Å². The molecule has 1 aliphatic rings. The molecular weight excluding hydrogens is 409 g/mol. The van der Waals surface area contributed by atoms with Gasteiger partial charge in [-0.05, 0) is 25.1 Å². The fraction of sp³-hybridized carbons (Fsp3) is 0.261. The van der Waals surface area contributed by atoms with Gasteiger partial charge in [0.05, 0.1) is 31.2 Å². The number of aromatic nitrogens is 3. The van der Waals surface area contributed by atoms with Gasteiger partial charge in [-0.3, -0.25) is 5.41 Å². The lowest BCUT2D eigenvalue weighted by Crippen LogP contribution is -2.41. The zero-order valence-corrected chi connectivity index (χ0v) is 17.9. The van der Waals surface area contributed by atoms with Crippen molar-refractivity contribution < 1.29 is 9.13 Å². The lowest BCUT2D eigenvalue weighted by atomic mass is 10.2. The second kappa shape index (κ2) is 9.19. The van der Waals surface area contributed by atoms with Crippen LogP contribution in [0.5, 0.6) is 0 Å². The number of fused-ring (bicyclic) bond motifs is 1.